The van der Waals surface area contributed by atoms with Crippen LogP contribution in [0.3, 0.4) is 0 Å². The maximum absolute atomic E-state index is 11.9. The zero-order valence-corrected chi connectivity index (χ0v) is 11.8. The molecular weight excluding hydrogens is 278 g/mol. The minimum atomic E-state index is -0.453. The first kappa shape index (κ1) is 14.0. The van der Waals surface area contributed by atoms with E-state index < -0.39 is 11.8 Å². The predicted molar refractivity (Wildman–Crippen MR) is 74.8 cm³/mol. The summed E-state index contributed by atoms with van der Waals surface area (Å²) in [7, 11) is 1.52. The second-order valence-corrected chi connectivity index (χ2v) is 4.95. The summed E-state index contributed by atoms with van der Waals surface area (Å²) in [5, 5.41) is 2.41. The highest BCUT2D eigenvalue weighted by molar-refractivity contribution is 7.09. The minimum absolute atomic E-state index is 0.276. The molecule has 2 N–H and O–H groups in total. The summed E-state index contributed by atoms with van der Waals surface area (Å²) in [6, 6.07) is 6.62. The van der Waals surface area contributed by atoms with Gasteiger partial charge in [-0.15, -0.1) is 11.3 Å². The quantitative estimate of drug-likeness (QED) is 0.841. The van der Waals surface area contributed by atoms with Crippen LogP contribution in [0.4, 0.5) is 0 Å². The lowest BCUT2D eigenvalue weighted by atomic mass is 10.2. The zero-order chi connectivity index (χ0) is 14.5. The van der Waals surface area contributed by atoms with Crippen molar-refractivity contribution in [2.45, 2.75) is 6.92 Å². The van der Waals surface area contributed by atoms with Crippen LogP contribution in [0.15, 0.2) is 29.6 Å². The molecular formula is C13H13N3O3S. The van der Waals surface area contributed by atoms with Gasteiger partial charge in [-0.1, -0.05) is 6.07 Å². The monoisotopic (exact) mass is 291 g/mol. The molecule has 0 radical (unpaired) electrons. The highest BCUT2D eigenvalue weighted by atomic mass is 32.1. The van der Waals surface area contributed by atoms with Gasteiger partial charge in [0.2, 0.25) is 0 Å². The first-order chi connectivity index (χ1) is 9.60. The Labute approximate surface area is 119 Å². The van der Waals surface area contributed by atoms with Crippen molar-refractivity contribution >= 4 is 23.2 Å². The molecule has 0 bridgehead atoms. The summed E-state index contributed by atoms with van der Waals surface area (Å²) in [6.07, 6.45) is 0. The summed E-state index contributed by atoms with van der Waals surface area (Å²) in [4.78, 5) is 27.6. The van der Waals surface area contributed by atoms with E-state index in [-0.39, 0.29) is 5.69 Å². The number of methoxy groups -OCH3 is 1. The Kier molecular flexibility index (Phi) is 4.31. The topological polar surface area (TPSA) is 80.3 Å². The number of rotatable bonds is 3. The number of benzene rings is 1. The van der Waals surface area contributed by atoms with E-state index in [2.05, 4.69) is 15.8 Å². The van der Waals surface area contributed by atoms with E-state index in [4.69, 9.17) is 4.74 Å². The second-order valence-electron chi connectivity index (χ2n) is 3.89. The Balaban J connectivity index is 1.96. The van der Waals surface area contributed by atoms with Crippen molar-refractivity contribution in [3.63, 3.8) is 0 Å². The normalized spacial score (nSPS) is 9.90. The average Bonchev–Trinajstić information content (AvgIpc) is 2.91. The number of aromatic nitrogens is 1. The van der Waals surface area contributed by atoms with Crippen LogP contribution in [-0.4, -0.2) is 23.9 Å². The van der Waals surface area contributed by atoms with Gasteiger partial charge in [-0.05, 0) is 25.1 Å². The fourth-order valence-electron chi connectivity index (χ4n) is 1.48. The summed E-state index contributed by atoms with van der Waals surface area (Å²) < 4.78 is 5.03. The molecule has 0 aliphatic rings. The van der Waals surface area contributed by atoms with E-state index in [9.17, 15) is 9.59 Å². The third-order valence-corrected chi connectivity index (χ3v) is 3.25. The number of nitrogens with one attached hydrogen (secondary N) is 2. The van der Waals surface area contributed by atoms with Crippen LogP contribution >= 0.6 is 11.3 Å². The molecule has 2 rings (SSSR count). The fourth-order valence-corrected chi connectivity index (χ4v) is 2.07. The summed E-state index contributed by atoms with van der Waals surface area (Å²) in [5.41, 5.74) is 5.31. The number of aryl methyl sites for hydroxylation is 1. The van der Waals surface area contributed by atoms with Crippen LogP contribution in [0.2, 0.25) is 0 Å². The Morgan fingerprint density at radius 2 is 2.00 bits per heavy atom. The van der Waals surface area contributed by atoms with Crippen LogP contribution in [0.1, 0.15) is 25.9 Å². The van der Waals surface area contributed by atoms with Crippen molar-refractivity contribution in [1.82, 2.24) is 15.8 Å². The van der Waals surface area contributed by atoms with Gasteiger partial charge in [0.05, 0.1) is 12.1 Å². The Hall–Kier alpha value is -2.41. The molecule has 7 heteroatoms. The number of hydrazine groups is 1. The summed E-state index contributed by atoms with van der Waals surface area (Å²) >= 11 is 1.37. The van der Waals surface area contributed by atoms with Crippen LogP contribution in [-0.2, 0) is 0 Å². The number of carbonyl (C=O) groups is 2. The van der Waals surface area contributed by atoms with Crippen molar-refractivity contribution in [3.05, 3.63) is 45.9 Å². The van der Waals surface area contributed by atoms with Crippen LogP contribution in [0, 0.1) is 6.92 Å². The number of ether oxygens (including phenoxy) is 1. The van der Waals surface area contributed by atoms with Gasteiger partial charge < -0.3 is 4.74 Å². The lowest BCUT2D eigenvalue weighted by Crippen LogP contribution is -2.41. The molecule has 0 aliphatic heterocycles. The van der Waals surface area contributed by atoms with Crippen molar-refractivity contribution < 1.29 is 14.3 Å². The summed E-state index contributed by atoms with van der Waals surface area (Å²) in [5.74, 6) is -0.311. The largest absolute Gasteiger partial charge is 0.497 e. The number of hydrogen-bond donors (Lipinski definition) is 2. The van der Waals surface area contributed by atoms with Gasteiger partial charge in [-0.3, -0.25) is 20.4 Å². The predicted octanol–water partition coefficient (Wildman–Crippen LogP) is 1.53. The zero-order valence-electron chi connectivity index (χ0n) is 11.0. The third kappa shape index (κ3) is 3.33. The number of thiazole rings is 1. The Morgan fingerprint density at radius 1 is 1.25 bits per heavy atom. The van der Waals surface area contributed by atoms with Gasteiger partial charge in [-0.25, -0.2) is 4.98 Å². The highest BCUT2D eigenvalue weighted by Crippen LogP contribution is 2.12. The smallest absolute Gasteiger partial charge is 0.289 e. The molecule has 1 aromatic heterocycles. The van der Waals surface area contributed by atoms with Gasteiger partial charge in [0.25, 0.3) is 11.8 Å². The van der Waals surface area contributed by atoms with Crippen molar-refractivity contribution in [3.8, 4) is 5.75 Å². The molecule has 0 atom stereocenters. The molecule has 20 heavy (non-hydrogen) atoms. The molecule has 1 aromatic carbocycles. The van der Waals surface area contributed by atoms with E-state index in [0.29, 0.717) is 11.3 Å². The first-order valence-electron chi connectivity index (χ1n) is 5.77. The molecule has 6 nitrogen and oxygen atoms in total. The SMILES string of the molecule is COc1cccc(C(=O)NNC(=O)c2csc(C)n2)c1. The minimum Gasteiger partial charge on any atom is -0.497 e. The number of amides is 2. The molecule has 2 aromatic rings. The molecule has 0 spiro atoms. The van der Waals surface area contributed by atoms with Gasteiger partial charge in [0, 0.05) is 10.9 Å². The first-order valence-corrected chi connectivity index (χ1v) is 6.65. The van der Waals surface area contributed by atoms with Crippen molar-refractivity contribution in [1.29, 1.82) is 0 Å². The van der Waals surface area contributed by atoms with E-state index >= 15 is 0 Å². The number of carbonyl (C=O) groups excluding carboxylic acids is 2. The van der Waals surface area contributed by atoms with Crippen LogP contribution < -0.4 is 15.6 Å². The third-order valence-electron chi connectivity index (χ3n) is 2.47. The maximum Gasteiger partial charge on any atom is 0.289 e. The second kappa shape index (κ2) is 6.16. The molecule has 2 amide bonds. The molecule has 0 saturated carbocycles. The van der Waals surface area contributed by atoms with Gasteiger partial charge >= 0.3 is 0 Å². The lowest BCUT2D eigenvalue weighted by Gasteiger charge is -2.07. The molecule has 0 unspecified atom stereocenters. The van der Waals surface area contributed by atoms with E-state index in [1.807, 2.05) is 0 Å². The standard InChI is InChI=1S/C13H13N3O3S/c1-8-14-11(7-20-8)13(18)16-15-12(17)9-4-3-5-10(6-9)19-2/h3-7H,1-2H3,(H,15,17)(H,16,18). The maximum atomic E-state index is 11.9. The fraction of sp³-hybridized carbons (Fsp3) is 0.154. The van der Waals surface area contributed by atoms with Gasteiger partial charge in [0.1, 0.15) is 11.4 Å². The van der Waals surface area contributed by atoms with Crippen LogP contribution in [0.5, 0.6) is 5.75 Å². The van der Waals surface area contributed by atoms with Gasteiger partial charge in [-0.2, -0.15) is 0 Å². The lowest BCUT2D eigenvalue weighted by molar-refractivity contribution is 0.0844. The molecule has 0 saturated heterocycles. The molecule has 1 heterocycles. The van der Waals surface area contributed by atoms with Crippen molar-refractivity contribution in [2.75, 3.05) is 7.11 Å². The average molecular weight is 291 g/mol. The number of nitrogens with zero attached hydrogens (tertiary/aromatic N) is 1. The highest BCUT2D eigenvalue weighted by Gasteiger charge is 2.11. The van der Waals surface area contributed by atoms with Gasteiger partial charge in [0.15, 0.2) is 0 Å². The number of hydrogen-bond acceptors (Lipinski definition) is 5. The molecule has 104 valence electrons. The van der Waals surface area contributed by atoms with E-state index in [1.165, 1.54) is 18.4 Å². The van der Waals surface area contributed by atoms with E-state index in [0.717, 1.165) is 5.01 Å². The van der Waals surface area contributed by atoms with E-state index in [1.54, 1.807) is 36.6 Å². The Bertz CT molecular complexity index is 639. The van der Waals surface area contributed by atoms with Crippen molar-refractivity contribution in [2.24, 2.45) is 0 Å². The molecule has 0 aliphatic carbocycles. The Morgan fingerprint density at radius 3 is 2.65 bits per heavy atom. The molecule has 0 fully saturated rings. The van der Waals surface area contributed by atoms with Crippen LogP contribution in [0.25, 0.3) is 0 Å². The summed E-state index contributed by atoms with van der Waals surface area (Å²) in [6.45, 7) is 1.80.